The highest BCUT2D eigenvalue weighted by molar-refractivity contribution is 7.89. The summed E-state index contributed by atoms with van der Waals surface area (Å²) < 4.78 is 61.5. The molecule has 0 bridgehead atoms. The molecule has 0 aromatic heterocycles. The second-order valence-corrected chi connectivity index (χ2v) is 4.59. The van der Waals surface area contributed by atoms with Gasteiger partial charge in [-0.1, -0.05) is 0 Å². The third kappa shape index (κ3) is 3.60. The number of halogens is 3. The summed E-state index contributed by atoms with van der Waals surface area (Å²) in [4.78, 5) is 9.52. The summed E-state index contributed by atoms with van der Waals surface area (Å²) in [5, 5.41) is 13.3. The maximum Gasteiger partial charge on any atom is 0.573 e. The molecule has 0 aliphatic carbocycles. The van der Waals surface area contributed by atoms with Gasteiger partial charge in [-0.25, -0.2) is 18.4 Å². The van der Waals surface area contributed by atoms with E-state index in [0.29, 0.717) is 12.1 Å². The molecule has 0 saturated carbocycles. The highest BCUT2D eigenvalue weighted by Crippen LogP contribution is 2.29. The molecule has 0 atom stereocenters. The number of nitrogens with two attached hydrogens (primary N) is 1. The molecule has 1 aromatic rings. The standard InChI is InChI=1S/C8H6F3NO5S/c9-8(10,11)17-5-2-1-4(7(13)14)3-6(5)18(12,15)16/h1-3H,(H,13,14)(H2,12,15,16). The molecule has 1 rings (SSSR count). The summed E-state index contributed by atoms with van der Waals surface area (Å²) in [6.45, 7) is 0. The highest BCUT2D eigenvalue weighted by atomic mass is 32.2. The van der Waals surface area contributed by atoms with E-state index in [2.05, 4.69) is 9.88 Å². The fourth-order valence-corrected chi connectivity index (χ4v) is 1.75. The maximum absolute atomic E-state index is 12.0. The predicted molar refractivity (Wildman–Crippen MR) is 51.5 cm³/mol. The Morgan fingerprint density at radius 3 is 2.28 bits per heavy atom. The molecule has 0 saturated heterocycles. The highest BCUT2D eigenvalue weighted by Gasteiger charge is 2.33. The first-order chi connectivity index (χ1) is 8.00. The van der Waals surface area contributed by atoms with E-state index in [0.717, 1.165) is 6.07 Å². The Balaban J connectivity index is 3.40. The molecule has 1 aromatic carbocycles. The van der Waals surface area contributed by atoms with Gasteiger partial charge in [0.2, 0.25) is 10.0 Å². The van der Waals surface area contributed by atoms with E-state index in [1.54, 1.807) is 0 Å². The fourth-order valence-electron chi connectivity index (χ4n) is 1.07. The van der Waals surface area contributed by atoms with Crippen molar-refractivity contribution in [1.82, 2.24) is 0 Å². The van der Waals surface area contributed by atoms with Gasteiger partial charge in [0.15, 0.2) is 0 Å². The van der Waals surface area contributed by atoms with Crippen molar-refractivity contribution in [2.75, 3.05) is 0 Å². The van der Waals surface area contributed by atoms with Crippen LogP contribution >= 0.6 is 0 Å². The van der Waals surface area contributed by atoms with E-state index in [1.165, 1.54) is 0 Å². The van der Waals surface area contributed by atoms with Crippen molar-refractivity contribution in [3.63, 3.8) is 0 Å². The average Bonchev–Trinajstić information content (AvgIpc) is 2.13. The summed E-state index contributed by atoms with van der Waals surface area (Å²) in [5.74, 6) is -2.60. The second-order valence-electron chi connectivity index (χ2n) is 3.06. The average molecular weight is 285 g/mol. The Labute approximate surface area is 98.8 Å². The fraction of sp³-hybridized carbons (Fsp3) is 0.125. The first kappa shape index (κ1) is 14.3. The summed E-state index contributed by atoms with van der Waals surface area (Å²) in [6, 6.07) is 1.81. The largest absolute Gasteiger partial charge is 0.573 e. The van der Waals surface area contributed by atoms with Gasteiger partial charge < -0.3 is 9.84 Å². The van der Waals surface area contributed by atoms with Crippen LogP contribution in [-0.4, -0.2) is 25.9 Å². The topological polar surface area (TPSA) is 107 Å². The molecule has 0 amide bonds. The van der Waals surface area contributed by atoms with Gasteiger partial charge >= 0.3 is 12.3 Å². The maximum atomic E-state index is 12.0. The van der Waals surface area contributed by atoms with Crippen molar-refractivity contribution >= 4 is 16.0 Å². The smallest absolute Gasteiger partial charge is 0.478 e. The van der Waals surface area contributed by atoms with Crippen LogP contribution < -0.4 is 9.88 Å². The molecule has 0 radical (unpaired) electrons. The molecular formula is C8H6F3NO5S. The van der Waals surface area contributed by atoms with Crippen molar-refractivity contribution in [3.05, 3.63) is 23.8 Å². The van der Waals surface area contributed by atoms with Crippen LogP contribution in [0.25, 0.3) is 0 Å². The van der Waals surface area contributed by atoms with E-state index < -0.39 is 38.6 Å². The van der Waals surface area contributed by atoms with E-state index in [9.17, 15) is 26.4 Å². The van der Waals surface area contributed by atoms with Crippen molar-refractivity contribution in [2.24, 2.45) is 5.14 Å². The molecule has 6 nitrogen and oxygen atoms in total. The van der Waals surface area contributed by atoms with E-state index in [-0.39, 0.29) is 0 Å². The summed E-state index contributed by atoms with van der Waals surface area (Å²) in [7, 11) is -4.55. The Morgan fingerprint density at radius 2 is 1.89 bits per heavy atom. The van der Waals surface area contributed by atoms with Crippen molar-refractivity contribution < 1.29 is 36.2 Å². The molecule has 10 heteroatoms. The molecule has 3 N–H and O–H groups in total. The lowest BCUT2D eigenvalue weighted by atomic mass is 10.2. The SMILES string of the molecule is NS(=O)(=O)c1cc(C(=O)O)ccc1OC(F)(F)F. The molecule has 0 spiro atoms. The summed E-state index contributed by atoms with van der Waals surface area (Å²) in [5.41, 5.74) is -0.534. The van der Waals surface area contributed by atoms with Crippen LogP contribution in [0.4, 0.5) is 13.2 Å². The van der Waals surface area contributed by atoms with Gasteiger partial charge in [-0.05, 0) is 18.2 Å². The van der Waals surface area contributed by atoms with Crippen LogP contribution in [0.1, 0.15) is 10.4 Å². The van der Waals surface area contributed by atoms with Gasteiger partial charge in [-0.3, -0.25) is 0 Å². The van der Waals surface area contributed by atoms with Crippen molar-refractivity contribution in [2.45, 2.75) is 11.3 Å². The summed E-state index contributed by atoms with van der Waals surface area (Å²) >= 11 is 0. The number of carboxylic acid groups (broad SMARTS) is 1. The van der Waals surface area contributed by atoms with Crippen LogP contribution in [0.3, 0.4) is 0 Å². The minimum atomic E-state index is -5.12. The normalized spacial score (nSPS) is 12.2. The third-order valence-electron chi connectivity index (χ3n) is 1.72. The van der Waals surface area contributed by atoms with Crippen molar-refractivity contribution in [1.29, 1.82) is 0 Å². The number of sulfonamides is 1. The second kappa shape index (κ2) is 4.46. The van der Waals surface area contributed by atoms with Gasteiger partial charge in [-0.2, -0.15) is 0 Å². The molecule has 0 aliphatic rings. The lowest BCUT2D eigenvalue weighted by Gasteiger charge is -2.12. The first-order valence-corrected chi connectivity index (χ1v) is 5.71. The number of carbonyl (C=O) groups is 1. The number of ether oxygens (including phenoxy) is 1. The molecular weight excluding hydrogens is 279 g/mol. The molecule has 0 heterocycles. The Hall–Kier alpha value is -1.81. The van der Waals surface area contributed by atoms with Crippen LogP contribution in [0.15, 0.2) is 23.1 Å². The van der Waals surface area contributed by atoms with E-state index in [4.69, 9.17) is 5.11 Å². The number of primary sulfonamides is 1. The lowest BCUT2D eigenvalue weighted by molar-refractivity contribution is -0.275. The minimum Gasteiger partial charge on any atom is -0.478 e. The third-order valence-corrected chi connectivity index (χ3v) is 2.65. The molecule has 0 aliphatic heterocycles. The lowest BCUT2D eigenvalue weighted by Crippen LogP contribution is -2.21. The monoisotopic (exact) mass is 285 g/mol. The van der Waals surface area contributed by atoms with Crippen LogP contribution in [0, 0.1) is 0 Å². The zero-order valence-electron chi connectivity index (χ0n) is 8.43. The number of benzene rings is 1. The van der Waals surface area contributed by atoms with Gasteiger partial charge in [0.1, 0.15) is 10.6 Å². The zero-order chi connectivity index (χ0) is 14.1. The van der Waals surface area contributed by atoms with Crippen molar-refractivity contribution in [3.8, 4) is 5.75 Å². The van der Waals surface area contributed by atoms with Crippen LogP contribution in [-0.2, 0) is 10.0 Å². The van der Waals surface area contributed by atoms with E-state index >= 15 is 0 Å². The number of alkyl halides is 3. The van der Waals surface area contributed by atoms with Gasteiger partial charge in [0, 0.05) is 0 Å². The van der Waals surface area contributed by atoms with Gasteiger partial charge in [-0.15, -0.1) is 13.2 Å². The molecule has 18 heavy (non-hydrogen) atoms. The quantitative estimate of drug-likeness (QED) is 0.859. The van der Waals surface area contributed by atoms with Crippen LogP contribution in [0.5, 0.6) is 5.75 Å². The number of carboxylic acids is 1. The Bertz CT molecular complexity index is 581. The first-order valence-electron chi connectivity index (χ1n) is 4.16. The Kier molecular flexibility index (Phi) is 3.53. The number of aromatic carboxylic acids is 1. The minimum absolute atomic E-state index is 0.485. The number of hydrogen-bond acceptors (Lipinski definition) is 4. The number of rotatable bonds is 3. The molecule has 100 valence electrons. The zero-order valence-corrected chi connectivity index (χ0v) is 9.25. The Morgan fingerprint density at radius 1 is 1.33 bits per heavy atom. The van der Waals surface area contributed by atoms with Crippen LogP contribution in [0.2, 0.25) is 0 Å². The van der Waals surface area contributed by atoms with E-state index in [1.807, 2.05) is 0 Å². The molecule has 0 fully saturated rings. The summed E-state index contributed by atoms with van der Waals surface area (Å²) in [6.07, 6.45) is -5.12. The molecule has 0 unspecified atom stereocenters. The van der Waals surface area contributed by atoms with Gasteiger partial charge in [0.05, 0.1) is 5.56 Å². The van der Waals surface area contributed by atoms with Gasteiger partial charge in [0.25, 0.3) is 0 Å². The number of hydrogen-bond donors (Lipinski definition) is 2. The predicted octanol–water partition coefficient (Wildman–Crippen LogP) is 0.931.